The molecule has 0 radical (unpaired) electrons. The summed E-state index contributed by atoms with van der Waals surface area (Å²) in [6.07, 6.45) is 3.83. The lowest BCUT2D eigenvalue weighted by Crippen LogP contribution is -2.31. The second kappa shape index (κ2) is 4.23. The Labute approximate surface area is 111 Å². The molecule has 1 aromatic heterocycles. The van der Waals surface area contributed by atoms with Crippen molar-refractivity contribution >= 4 is 22.4 Å². The molecule has 2 bridgehead atoms. The zero-order chi connectivity index (χ0) is 12.9. The summed E-state index contributed by atoms with van der Waals surface area (Å²) in [6, 6.07) is 0.600. The van der Waals surface area contributed by atoms with Crippen LogP contribution in [0.1, 0.15) is 54.4 Å². The number of thiazole rings is 1. The number of carbonyl (C=O) groups is 1. The minimum absolute atomic E-state index is 0.167. The molecule has 5 heteroatoms. The molecule has 1 aliphatic heterocycles. The number of carboxylic acid groups (broad SMARTS) is 1. The monoisotopic (exact) mass is 266 g/mol. The molecule has 18 heavy (non-hydrogen) atoms. The fourth-order valence-corrected chi connectivity index (χ4v) is 4.29. The van der Waals surface area contributed by atoms with Crippen LogP contribution < -0.4 is 4.90 Å². The molecule has 1 saturated heterocycles. The van der Waals surface area contributed by atoms with E-state index in [-0.39, 0.29) is 5.92 Å². The molecular weight excluding hydrogens is 248 g/mol. The van der Waals surface area contributed by atoms with Gasteiger partial charge in [-0.1, -0.05) is 25.2 Å². The van der Waals surface area contributed by atoms with E-state index in [1.165, 1.54) is 30.6 Å². The average molecular weight is 266 g/mol. The second-order valence-corrected chi connectivity index (χ2v) is 6.63. The minimum atomic E-state index is -0.841. The normalized spacial score (nSPS) is 26.3. The number of anilines is 1. The molecule has 4 nitrogen and oxygen atoms in total. The highest BCUT2D eigenvalue weighted by atomic mass is 32.1. The van der Waals surface area contributed by atoms with Crippen molar-refractivity contribution in [1.29, 1.82) is 0 Å². The third kappa shape index (κ3) is 1.81. The largest absolute Gasteiger partial charge is 0.477 e. The summed E-state index contributed by atoms with van der Waals surface area (Å²) in [5.74, 6) is 0.127. The van der Waals surface area contributed by atoms with E-state index in [1.54, 1.807) is 0 Å². The van der Waals surface area contributed by atoms with Crippen LogP contribution in [0.4, 0.5) is 5.13 Å². The standard InChI is InChI=1S/C13H18N2O2S/c1-7(2)10-11(12(16)17)18-13(14-10)15-6-8-3-4-9(15)5-8/h7-9H,3-6H2,1-2H3,(H,16,17). The van der Waals surface area contributed by atoms with E-state index in [0.717, 1.165) is 23.3 Å². The topological polar surface area (TPSA) is 53.4 Å². The Morgan fingerprint density at radius 3 is 2.72 bits per heavy atom. The molecule has 2 aliphatic rings. The summed E-state index contributed by atoms with van der Waals surface area (Å²) in [5, 5.41) is 10.2. The molecule has 0 spiro atoms. The number of hydrogen-bond donors (Lipinski definition) is 1. The molecule has 2 unspecified atom stereocenters. The maximum absolute atomic E-state index is 11.3. The lowest BCUT2D eigenvalue weighted by molar-refractivity contribution is 0.0700. The quantitative estimate of drug-likeness (QED) is 0.914. The van der Waals surface area contributed by atoms with Crippen molar-refractivity contribution in [2.75, 3.05) is 11.4 Å². The van der Waals surface area contributed by atoms with Crippen molar-refractivity contribution in [3.63, 3.8) is 0 Å². The van der Waals surface area contributed by atoms with E-state index in [2.05, 4.69) is 9.88 Å². The molecule has 2 atom stereocenters. The maximum Gasteiger partial charge on any atom is 0.347 e. The van der Waals surface area contributed by atoms with Gasteiger partial charge in [0.1, 0.15) is 4.88 Å². The molecule has 1 aromatic rings. The molecule has 0 aromatic carbocycles. The van der Waals surface area contributed by atoms with Gasteiger partial charge in [0.15, 0.2) is 5.13 Å². The first kappa shape index (κ1) is 12.0. The second-order valence-electron chi connectivity index (χ2n) is 5.66. The highest BCUT2D eigenvalue weighted by Gasteiger charge is 2.39. The number of aromatic nitrogens is 1. The molecule has 2 heterocycles. The van der Waals surface area contributed by atoms with E-state index in [9.17, 15) is 9.90 Å². The first-order valence-electron chi connectivity index (χ1n) is 6.57. The van der Waals surface area contributed by atoms with Gasteiger partial charge in [-0.05, 0) is 31.1 Å². The molecular formula is C13H18N2O2S. The number of nitrogens with zero attached hydrogens (tertiary/aromatic N) is 2. The summed E-state index contributed by atoms with van der Waals surface area (Å²) in [6.45, 7) is 5.07. The van der Waals surface area contributed by atoms with Crippen LogP contribution in [-0.2, 0) is 0 Å². The predicted molar refractivity (Wildman–Crippen MR) is 71.6 cm³/mol. The highest BCUT2D eigenvalue weighted by molar-refractivity contribution is 7.17. The predicted octanol–water partition coefficient (Wildman–Crippen LogP) is 2.95. The van der Waals surface area contributed by atoms with E-state index in [4.69, 9.17) is 0 Å². The van der Waals surface area contributed by atoms with Crippen molar-refractivity contribution in [2.24, 2.45) is 5.92 Å². The molecule has 3 rings (SSSR count). The average Bonchev–Trinajstić information content (AvgIpc) is 3.02. The molecule has 1 N–H and O–H groups in total. The Bertz CT molecular complexity index is 483. The van der Waals surface area contributed by atoms with E-state index < -0.39 is 5.97 Å². The lowest BCUT2D eigenvalue weighted by Gasteiger charge is -2.26. The van der Waals surface area contributed by atoms with Gasteiger partial charge in [0.05, 0.1) is 5.69 Å². The Morgan fingerprint density at radius 1 is 1.50 bits per heavy atom. The van der Waals surface area contributed by atoms with E-state index in [1.807, 2.05) is 13.8 Å². The fourth-order valence-electron chi connectivity index (χ4n) is 3.15. The molecule has 1 aliphatic carbocycles. The van der Waals surface area contributed by atoms with E-state index >= 15 is 0 Å². The third-order valence-corrected chi connectivity index (χ3v) is 5.13. The first-order chi connectivity index (χ1) is 8.56. The van der Waals surface area contributed by atoms with Gasteiger partial charge in [-0.2, -0.15) is 0 Å². The van der Waals surface area contributed by atoms with Gasteiger partial charge in [0.25, 0.3) is 0 Å². The van der Waals surface area contributed by atoms with Crippen LogP contribution in [0.3, 0.4) is 0 Å². The Balaban J connectivity index is 1.93. The van der Waals surface area contributed by atoms with Crippen molar-refractivity contribution in [2.45, 2.75) is 45.1 Å². The summed E-state index contributed by atoms with van der Waals surface area (Å²) < 4.78 is 0. The van der Waals surface area contributed by atoms with Gasteiger partial charge in [-0.15, -0.1) is 0 Å². The maximum atomic E-state index is 11.3. The third-order valence-electron chi connectivity index (χ3n) is 4.04. The Hall–Kier alpha value is -1.10. The van der Waals surface area contributed by atoms with Crippen LogP contribution in [0.5, 0.6) is 0 Å². The fraction of sp³-hybridized carbons (Fsp3) is 0.692. The van der Waals surface area contributed by atoms with Gasteiger partial charge in [-0.25, -0.2) is 9.78 Å². The number of hydrogen-bond acceptors (Lipinski definition) is 4. The van der Waals surface area contributed by atoms with Crippen LogP contribution in [-0.4, -0.2) is 28.6 Å². The summed E-state index contributed by atoms with van der Waals surface area (Å²) in [4.78, 5) is 18.6. The molecule has 0 amide bonds. The number of rotatable bonds is 3. The molecule has 2 fully saturated rings. The molecule has 98 valence electrons. The number of carboxylic acids is 1. The van der Waals surface area contributed by atoms with Gasteiger partial charge < -0.3 is 10.0 Å². The summed E-state index contributed by atoms with van der Waals surface area (Å²) in [5.41, 5.74) is 0.741. The van der Waals surface area contributed by atoms with Crippen LogP contribution >= 0.6 is 11.3 Å². The van der Waals surface area contributed by atoms with Crippen LogP contribution in [0.2, 0.25) is 0 Å². The van der Waals surface area contributed by atoms with Gasteiger partial charge in [0, 0.05) is 12.6 Å². The van der Waals surface area contributed by atoms with Gasteiger partial charge in [-0.3, -0.25) is 0 Å². The highest BCUT2D eigenvalue weighted by Crippen LogP contribution is 2.42. The van der Waals surface area contributed by atoms with Crippen LogP contribution in [0, 0.1) is 5.92 Å². The number of fused-ring (bicyclic) bond motifs is 2. The zero-order valence-corrected chi connectivity index (χ0v) is 11.5. The van der Waals surface area contributed by atoms with Gasteiger partial charge >= 0.3 is 5.97 Å². The van der Waals surface area contributed by atoms with Crippen LogP contribution in [0.15, 0.2) is 0 Å². The van der Waals surface area contributed by atoms with Crippen molar-refractivity contribution in [1.82, 2.24) is 4.98 Å². The zero-order valence-electron chi connectivity index (χ0n) is 10.7. The molecule has 1 saturated carbocycles. The van der Waals surface area contributed by atoms with Crippen molar-refractivity contribution in [3.8, 4) is 0 Å². The smallest absolute Gasteiger partial charge is 0.347 e. The van der Waals surface area contributed by atoms with Gasteiger partial charge in [0.2, 0.25) is 0 Å². The Morgan fingerprint density at radius 2 is 2.28 bits per heavy atom. The minimum Gasteiger partial charge on any atom is -0.477 e. The summed E-state index contributed by atoms with van der Waals surface area (Å²) >= 11 is 1.35. The number of aromatic carboxylic acids is 1. The first-order valence-corrected chi connectivity index (χ1v) is 7.38. The summed E-state index contributed by atoms with van der Waals surface area (Å²) in [7, 11) is 0. The van der Waals surface area contributed by atoms with Crippen LogP contribution in [0.25, 0.3) is 0 Å². The van der Waals surface area contributed by atoms with Crippen molar-refractivity contribution < 1.29 is 9.90 Å². The Kier molecular flexibility index (Phi) is 2.81. The van der Waals surface area contributed by atoms with E-state index in [0.29, 0.717) is 10.9 Å². The lowest BCUT2D eigenvalue weighted by atomic mass is 10.1. The SMILES string of the molecule is CC(C)c1nc(N2CC3CCC2C3)sc1C(=O)O. The van der Waals surface area contributed by atoms with Crippen molar-refractivity contribution in [3.05, 3.63) is 10.6 Å². The number of piperidine rings is 1.